The number of hydrogen-bond acceptors (Lipinski definition) is 5. The summed E-state index contributed by atoms with van der Waals surface area (Å²) in [6.45, 7) is 4.17. The summed E-state index contributed by atoms with van der Waals surface area (Å²) in [6.07, 6.45) is 4.57. The van der Waals surface area contributed by atoms with Crippen molar-refractivity contribution in [2.24, 2.45) is 0 Å². The fourth-order valence-corrected chi connectivity index (χ4v) is 4.42. The van der Waals surface area contributed by atoms with E-state index in [1.807, 2.05) is 30.3 Å². The third-order valence-corrected chi connectivity index (χ3v) is 5.96. The Morgan fingerprint density at radius 1 is 1.04 bits per heavy atom. The molecule has 1 aromatic carbocycles. The monoisotopic (exact) mass is 374 g/mol. The van der Waals surface area contributed by atoms with Gasteiger partial charge in [-0.25, -0.2) is 4.98 Å². The zero-order valence-corrected chi connectivity index (χ0v) is 15.8. The molecule has 0 saturated carbocycles. The molecule has 0 bridgehead atoms. The number of piperazine rings is 1. The molecule has 1 unspecified atom stereocenters. The standard InChI is InChI=1S/C22H24N5O/c28-22-19-16-18(9-10-20(19)24-27(22)21-8-4-5-11-23-21)26-14-12-25(13-15-26)17-6-2-1-3-7-17/h2-8,11,18,28H,9-10,12-16H2. The third-order valence-electron chi connectivity index (χ3n) is 5.96. The molecule has 0 spiro atoms. The summed E-state index contributed by atoms with van der Waals surface area (Å²) < 4.78 is 1.58. The van der Waals surface area contributed by atoms with Crippen molar-refractivity contribution in [1.29, 1.82) is 0 Å². The molecule has 1 aliphatic carbocycles. The SMILES string of the molecule is Oc1c2c(nn1-c1ccccn1)CCC(N1CCN(c3cc[c]cc3)CC1)C2. The van der Waals surface area contributed by atoms with Crippen LogP contribution in [0.2, 0.25) is 0 Å². The molecule has 5 rings (SSSR count). The maximum absolute atomic E-state index is 10.8. The van der Waals surface area contributed by atoms with Gasteiger partial charge in [0.1, 0.15) is 0 Å². The predicted molar refractivity (Wildman–Crippen MR) is 108 cm³/mol. The van der Waals surface area contributed by atoms with Gasteiger partial charge in [0, 0.05) is 49.7 Å². The number of aromatic nitrogens is 3. The zero-order valence-electron chi connectivity index (χ0n) is 15.8. The van der Waals surface area contributed by atoms with Crippen LogP contribution in [-0.4, -0.2) is 57.0 Å². The smallest absolute Gasteiger partial charge is 0.219 e. The Labute approximate surface area is 165 Å². The minimum Gasteiger partial charge on any atom is -0.493 e. The summed E-state index contributed by atoms with van der Waals surface area (Å²) >= 11 is 0. The molecule has 6 nitrogen and oxygen atoms in total. The average Bonchev–Trinajstić information content (AvgIpc) is 3.11. The second-order valence-corrected chi connectivity index (χ2v) is 7.53. The largest absolute Gasteiger partial charge is 0.493 e. The lowest BCUT2D eigenvalue weighted by Crippen LogP contribution is -2.51. The van der Waals surface area contributed by atoms with E-state index in [9.17, 15) is 5.11 Å². The average molecular weight is 374 g/mol. The molecule has 143 valence electrons. The van der Waals surface area contributed by atoms with Gasteiger partial charge in [0.2, 0.25) is 5.88 Å². The van der Waals surface area contributed by atoms with Crippen molar-refractivity contribution >= 4 is 5.69 Å². The number of anilines is 1. The Morgan fingerprint density at radius 2 is 1.86 bits per heavy atom. The van der Waals surface area contributed by atoms with Gasteiger partial charge in [0.25, 0.3) is 0 Å². The van der Waals surface area contributed by atoms with Gasteiger partial charge >= 0.3 is 0 Å². The van der Waals surface area contributed by atoms with Crippen molar-refractivity contribution in [2.45, 2.75) is 25.3 Å². The third kappa shape index (κ3) is 3.14. The van der Waals surface area contributed by atoms with Crippen molar-refractivity contribution < 1.29 is 5.11 Å². The van der Waals surface area contributed by atoms with Crippen LogP contribution in [0.3, 0.4) is 0 Å². The highest BCUT2D eigenvalue weighted by molar-refractivity contribution is 5.46. The van der Waals surface area contributed by atoms with Crippen molar-refractivity contribution in [1.82, 2.24) is 19.7 Å². The van der Waals surface area contributed by atoms with E-state index in [0.717, 1.165) is 56.7 Å². The first kappa shape index (κ1) is 17.3. The normalized spacial score (nSPS) is 20.1. The first-order chi connectivity index (χ1) is 13.8. The van der Waals surface area contributed by atoms with Gasteiger partial charge in [0.15, 0.2) is 5.82 Å². The van der Waals surface area contributed by atoms with Crippen LogP contribution in [0.25, 0.3) is 5.82 Å². The first-order valence-electron chi connectivity index (χ1n) is 9.96. The van der Waals surface area contributed by atoms with E-state index in [1.165, 1.54) is 5.69 Å². The van der Waals surface area contributed by atoms with Crippen molar-refractivity contribution in [3.8, 4) is 11.7 Å². The Morgan fingerprint density at radius 3 is 2.61 bits per heavy atom. The van der Waals surface area contributed by atoms with E-state index in [-0.39, 0.29) is 5.88 Å². The van der Waals surface area contributed by atoms with Crippen LogP contribution in [0.5, 0.6) is 5.88 Å². The van der Waals surface area contributed by atoms with Crippen molar-refractivity contribution in [2.75, 3.05) is 31.1 Å². The molecule has 1 atom stereocenters. The summed E-state index contributed by atoms with van der Waals surface area (Å²) in [7, 11) is 0. The van der Waals surface area contributed by atoms with Gasteiger partial charge < -0.3 is 10.0 Å². The van der Waals surface area contributed by atoms with Gasteiger partial charge in [-0.1, -0.05) is 18.2 Å². The number of rotatable bonds is 3. The van der Waals surface area contributed by atoms with Crippen LogP contribution in [-0.2, 0) is 12.8 Å². The highest BCUT2D eigenvalue weighted by Gasteiger charge is 2.31. The van der Waals surface area contributed by atoms with Gasteiger partial charge in [-0.3, -0.25) is 4.90 Å². The summed E-state index contributed by atoms with van der Waals surface area (Å²) in [5, 5.41) is 15.4. The molecule has 6 heteroatoms. The molecule has 1 radical (unpaired) electrons. The molecular formula is C22H24N5O. The predicted octanol–water partition coefficient (Wildman–Crippen LogP) is 2.45. The fourth-order valence-electron chi connectivity index (χ4n) is 4.42. The van der Waals surface area contributed by atoms with Crippen molar-refractivity contribution in [3.63, 3.8) is 0 Å². The molecule has 3 heterocycles. The molecule has 2 aliphatic rings. The maximum Gasteiger partial charge on any atom is 0.219 e. The van der Waals surface area contributed by atoms with E-state index >= 15 is 0 Å². The van der Waals surface area contributed by atoms with Crippen LogP contribution in [0.4, 0.5) is 5.69 Å². The highest BCUT2D eigenvalue weighted by Crippen LogP contribution is 2.32. The van der Waals surface area contributed by atoms with Gasteiger partial charge in [-0.05, 0) is 49.6 Å². The minimum absolute atomic E-state index is 0.248. The van der Waals surface area contributed by atoms with Gasteiger partial charge in [-0.2, -0.15) is 9.78 Å². The van der Waals surface area contributed by atoms with Crippen LogP contribution >= 0.6 is 0 Å². The fraction of sp³-hybridized carbons (Fsp3) is 0.364. The Hall–Kier alpha value is -2.86. The molecule has 1 fully saturated rings. The number of benzene rings is 1. The number of aryl methyl sites for hydroxylation is 1. The van der Waals surface area contributed by atoms with E-state index < -0.39 is 0 Å². The van der Waals surface area contributed by atoms with E-state index in [1.54, 1.807) is 10.9 Å². The molecule has 1 saturated heterocycles. The lowest BCUT2D eigenvalue weighted by atomic mass is 9.91. The summed E-state index contributed by atoms with van der Waals surface area (Å²) in [6, 6.07) is 17.4. The molecule has 1 aliphatic heterocycles. The number of nitrogens with zero attached hydrogens (tertiary/aromatic N) is 5. The van der Waals surface area contributed by atoms with E-state index in [2.05, 4.69) is 38.1 Å². The number of aromatic hydroxyl groups is 1. The van der Waals surface area contributed by atoms with E-state index in [0.29, 0.717) is 11.9 Å². The number of pyridine rings is 1. The zero-order chi connectivity index (χ0) is 18.9. The maximum atomic E-state index is 10.8. The summed E-state index contributed by atoms with van der Waals surface area (Å²) in [5.41, 5.74) is 3.28. The van der Waals surface area contributed by atoms with Crippen LogP contribution in [0.1, 0.15) is 17.7 Å². The molecule has 2 aromatic heterocycles. The Kier molecular flexibility index (Phi) is 4.49. The Bertz CT molecular complexity index is 932. The van der Waals surface area contributed by atoms with Crippen LogP contribution in [0, 0.1) is 6.07 Å². The number of fused-ring (bicyclic) bond motifs is 1. The van der Waals surface area contributed by atoms with Gasteiger partial charge in [-0.15, -0.1) is 0 Å². The molecular weight excluding hydrogens is 350 g/mol. The molecule has 28 heavy (non-hydrogen) atoms. The van der Waals surface area contributed by atoms with E-state index in [4.69, 9.17) is 0 Å². The molecule has 3 aromatic rings. The molecule has 1 N–H and O–H groups in total. The van der Waals surface area contributed by atoms with Crippen LogP contribution in [0.15, 0.2) is 48.7 Å². The molecule has 0 amide bonds. The highest BCUT2D eigenvalue weighted by atomic mass is 16.3. The second kappa shape index (κ2) is 7.28. The Balaban J connectivity index is 1.28. The lowest BCUT2D eigenvalue weighted by Gasteiger charge is -2.41. The van der Waals surface area contributed by atoms with Crippen LogP contribution < -0.4 is 4.90 Å². The summed E-state index contributed by atoms with van der Waals surface area (Å²) in [5.74, 6) is 0.914. The summed E-state index contributed by atoms with van der Waals surface area (Å²) in [4.78, 5) is 9.34. The number of hydrogen-bond donors (Lipinski definition) is 1. The first-order valence-corrected chi connectivity index (χ1v) is 9.96. The minimum atomic E-state index is 0.248. The van der Waals surface area contributed by atoms with Crippen molar-refractivity contribution in [3.05, 3.63) is 66.0 Å². The quantitative estimate of drug-likeness (QED) is 0.763. The topological polar surface area (TPSA) is 57.4 Å². The lowest BCUT2D eigenvalue weighted by molar-refractivity contribution is 0.169. The second-order valence-electron chi connectivity index (χ2n) is 7.53. The van der Waals surface area contributed by atoms with Gasteiger partial charge in [0.05, 0.1) is 5.69 Å².